The minimum absolute atomic E-state index is 0.0243. The monoisotopic (exact) mass is 369 g/mol. The van der Waals surface area contributed by atoms with Crippen LogP contribution in [0.25, 0.3) is 0 Å². The number of likely N-dealkylation sites (N-methyl/N-ethyl adjacent to an activating group) is 1. The second-order valence-corrected chi connectivity index (χ2v) is 6.60. The molecule has 1 fully saturated rings. The second-order valence-electron chi connectivity index (χ2n) is 6.60. The topological polar surface area (TPSA) is 76.1 Å². The predicted molar refractivity (Wildman–Crippen MR) is 101 cm³/mol. The molecule has 6 heteroatoms. The first-order chi connectivity index (χ1) is 13.0. The zero-order chi connectivity index (χ0) is 19.3. The van der Waals surface area contributed by atoms with Crippen molar-refractivity contribution >= 4 is 17.6 Å². The zero-order valence-electron chi connectivity index (χ0n) is 15.3. The van der Waals surface area contributed by atoms with Crippen LogP contribution in [0, 0.1) is 0 Å². The van der Waals surface area contributed by atoms with Crippen molar-refractivity contribution in [3.63, 3.8) is 0 Å². The van der Waals surface area contributed by atoms with Crippen LogP contribution in [0.2, 0.25) is 0 Å². The predicted octanol–water partition coefficient (Wildman–Crippen LogP) is 2.86. The Balaban J connectivity index is 1.82. The number of hydrogen-bond acceptors (Lipinski definition) is 4. The summed E-state index contributed by atoms with van der Waals surface area (Å²) in [6.07, 6.45) is 1.28. The normalized spacial score (nSPS) is 15.7. The van der Waals surface area contributed by atoms with Crippen molar-refractivity contribution in [3.8, 4) is 5.75 Å². The van der Waals surface area contributed by atoms with Gasteiger partial charge >= 0.3 is 5.97 Å². The van der Waals surface area contributed by atoms with E-state index in [0.29, 0.717) is 31.8 Å². The van der Waals surface area contributed by atoms with Crippen molar-refractivity contribution in [2.24, 2.45) is 0 Å². The third-order valence-electron chi connectivity index (χ3n) is 4.97. The number of carboxylic acid groups (broad SMARTS) is 1. The molecule has 6 nitrogen and oxygen atoms in total. The first kappa shape index (κ1) is 18.9. The number of amides is 1. The van der Waals surface area contributed by atoms with Crippen LogP contribution in [0.15, 0.2) is 54.6 Å². The van der Waals surface area contributed by atoms with Crippen molar-refractivity contribution < 1.29 is 24.2 Å². The van der Waals surface area contributed by atoms with Gasteiger partial charge in [-0.2, -0.15) is 0 Å². The summed E-state index contributed by atoms with van der Waals surface area (Å²) in [4.78, 5) is 25.7. The maximum absolute atomic E-state index is 13.5. The number of nitrogens with zero attached hydrogens (tertiary/aromatic N) is 1. The molecule has 27 heavy (non-hydrogen) atoms. The number of hydrogen-bond donors (Lipinski definition) is 1. The van der Waals surface area contributed by atoms with Gasteiger partial charge in [0.2, 0.25) is 5.91 Å². The summed E-state index contributed by atoms with van der Waals surface area (Å²) >= 11 is 0. The highest BCUT2D eigenvalue weighted by Gasteiger charge is 2.43. The standard InChI is InChI=1S/C21H23NO5/c1-22(17-7-9-18(10-8-17)27-15-19(23)24)20(25)21(11-13-26-14-12-21)16-5-3-2-4-6-16/h2-10H,11-15H2,1H3,(H,23,24). The number of carbonyl (C=O) groups is 2. The van der Waals surface area contributed by atoms with E-state index in [4.69, 9.17) is 14.6 Å². The van der Waals surface area contributed by atoms with Gasteiger partial charge in [0.15, 0.2) is 6.61 Å². The molecule has 1 N–H and O–H groups in total. The van der Waals surface area contributed by atoms with Crippen LogP contribution < -0.4 is 9.64 Å². The van der Waals surface area contributed by atoms with Crippen LogP contribution in [0.4, 0.5) is 5.69 Å². The minimum atomic E-state index is -1.03. The van der Waals surface area contributed by atoms with Crippen molar-refractivity contribution in [2.75, 3.05) is 31.8 Å². The lowest BCUT2D eigenvalue weighted by molar-refractivity contribution is -0.139. The molecule has 0 aliphatic carbocycles. The van der Waals surface area contributed by atoms with Crippen LogP contribution in [-0.4, -0.2) is 43.9 Å². The van der Waals surface area contributed by atoms with E-state index in [9.17, 15) is 9.59 Å². The van der Waals surface area contributed by atoms with Crippen molar-refractivity contribution in [2.45, 2.75) is 18.3 Å². The van der Waals surface area contributed by atoms with Gasteiger partial charge in [0, 0.05) is 25.9 Å². The smallest absolute Gasteiger partial charge is 0.341 e. The largest absolute Gasteiger partial charge is 0.482 e. The van der Waals surface area contributed by atoms with E-state index >= 15 is 0 Å². The summed E-state index contributed by atoms with van der Waals surface area (Å²) in [5, 5.41) is 8.68. The maximum Gasteiger partial charge on any atom is 0.341 e. The molecule has 1 amide bonds. The summed E-state index contributed by atoms with van der Waals surface area (Å²) in [6.45, 7) is 0.706. The fourth-order valence-corrected chi connectivity index (χ4v) is 3.45. The Morgan fingerprint density at radius 1 is 1.07 bits per heavy atom. The van der Waals surface area contributed by atoms with Crippen molar-refractivity contribution in [1.29, 1.82) is 0 Å². The second kappa shape index (κ2) is 8.22. The van der Waals surface area contributed by atoms with Crippen molar-refractivity contribution in [1.82, 2.24) is 0 Å². The lowest BCUT2D eigenvalue weighted by atomic mass is 9.73. The Morgan fingerprint density at radius 2 is 1.70 bits per heavy atom. The number of rotatable bonds is 6. The molecule has 1 heterocycles. The molecule has 0 atom stereocenters. The molecular formula is C21H23NO5. The van der Waals surface area contributed by atoms with Gasteiger partial charge in [-0.1, -0.05) is 30.3 Å². The summed E-state index contributed by atoms with van der Waals surface area (Å²) in [7, 11) is 1.76. The zero-order valence-corrected chi connectivity index (χ0v) is 15.3. The van der Waals surface area contributed by atoms with E-state index < -0.39 is 18.0 Å². The molecule has 1 aliphatic rings. The van der Waals surface area contributed by atoms with Crippen LogP contribution in [-0.2, 0) is 19.7 Å². The molecule has 3 rings (SSSR count). The summed E-state index contributed by atoms with van der Waals surface area (Å²) in [5.74, 6) is -0.558. The molecular weight excluding hydrogens is 346 g/mol. The van der Waals surface area contributed by atoms with Gasteiger partial charge in [0.1, 0.15) is 5.75 Å². The number of ether oxygens (including phenoxy) is 2. The first-order valence-corrected chi connectivity index (χ1v) is 8.89. The molecule has 2 aromatic carbocycles. The van der Waals surface area contributed by atoms with E-state index in [1.807, 2.05) is 30.3 Å². The molecule has 142 valence electrons. The van der Waals surface area contributed by atoms with Crippen LogP contribution >= 0.6 is 0 Å². The quantitative estimate of drug-likeness (QED) is 0.847. The molecule has 1 aliphatic heterocycles. The summed E-state index contributed by atoms with van der Waals surface area (Å²) in [6, 6.07) is 16.7. The Bertz CT molecular complexity index is 782. The third-order valence-corrected chi connectivity index (χ3v) is 4.97. The molecule has 0 saturated carbocycles. The summed E-state index contributed by atoms with van der Waals surface area (Å²) in [5.41, 5.74) is 1.13. The Hall–Kier alpha value is -2.86. The van der Waals surface area contributed by atoms with Crippen LogP contribution in [0.1, 0.15) is 18.4 Å². The highest BCUT2D eigenvalue weighted by Crippen LogP contribution is 2.37. The van der Waals surface area contributed by atoms with Gasteiger partial charge in [0.25, 0.3) is 0 Å². The maximum atomic E-state index is 13.5. The van der Waals surface area contributed by atoms with Gasteiger partial charge in [-0.05, 0) is 42.7 Å². The highest BCUT2D eigenvalue weighted by atomic mass is 16.5. The average molecular weight is 369 g/mol. The fraction of sp³-hybridized carbons (Fsp3) is 0.333. The van der Waals surface area contributed by atoms with Crippen LogP contribution in [0.3, 0.4) is 0 Å². The molecule has 0 radical (unpaired) electrons. The fourth-order valence-electron chi connectivity index (χ4n) is 3.45. The number of carboxylic acids is 1. The number of anilines is 1. The van der Waals surface area contributed by atoms with E-state index in [1.54, 1.807) is 36.2 Å². The first-order valence-electron chi connectivity index (χ1n) is 8.89. The Kier molecular flexibility index (Phi) is 5.76. The number of benzene rings is 2. The molecule has 0 spiro atoms. The van der Waals surface area contributed by atoms with E-state index in [0.717, 1.165) is 11.3 Å². The highest BCUT2D eigenvalue weighted by molar-refractivity contribution is 6.01. The van der Waals surface area contributed by atoms with Gasteiger partial charge < -0.3 is 19.5 Å². The van der Waals surface area contributed by atoms with Gasteiger partial charge in [0.05, 0.1) is 5.41 Å². The van der Waals surface area contributed by atoms with E-state index in [-0.39, 0.29) is 5.91 Å². The van der Waals surface area contributed by atoms with Crippen molar-refractivity contribution in [3.05, 3.63) is 60.2 Å². The van der Waals surface area contributed by atoms with E-state index in [2.05, 4.69) is 0 Å². The minimum Gasteiger partial charge on any atom is -0.482 e. The number of carbonyl (C=O) groups excluding carboxylic acids is 1. The lowest BCUT2D eigenvalue weighted by Crippen LogP contribution is -2.48. The molecule has 0 bridgehead atoms. The SMILES string of the molecule is CN(C(=O)C1(c2ccccc2)CCOCC1)c1ccc(OCC(=O)O)cc1. The molecule has 2 aromatic rings. The molecule has 0 aromatic heterocycles. The molecule has 0 unspecified atom stereocenters. The Morgan fingerprint density at radius 3 is 2.30 bits per heavy atom. The average Bonchev–Trinajstić information content (AvgIpc) is 2.72. The lowest BCUT2D eigenvalue weighted by Gasteiger charge is -2.39. The number of aliphatic carboxylic acids is 1. The van der Waals surface area contributed by atoms with Gasteiger partial charge in [-0.25, -0.2) is 4.79 Å². The Labute approximate surface area is 158 Å². The molecule has 1 saturated heterocycles. The summed E-state index contributed by atoms with van der Waals surface area (Å²) < 4.78 is 10.7. The third kappa shape index (κ3) is 4.11. The van der Waals surface area contributed by atoms with Crippen LogP contribution in [0.5, 0.6) is 5.75 Å². The van der Waals surface area contributed by atoms with E-state index in [1.165, 1.54) is 0 Å². The van der Waals surface area contributed by atoms with Gasteiger partial charge in [-0.15, -0.1) is 0 Å². The van der Waals surface area contributed by atoms with Gasteiger partial charge in [-0.3, -0.25) is 4.79 Å².